The quantitative estimate of drug-likeness (QED) is 0.868. The van der Waals surface area contributed by atoms with Gasteiger partial charge in [-0.25, -0.2) is 0 Å². The van der Waals surface area contributed by atoms with Gasteiger partial charge in [-0.1, -0.05) is 38.1 Å². The van der Waals surface area contributed by atoms with E-state index >= 15 is 0 Å². The molecule has 18 heavy (non-hydrogen) atoms. The molecule has 3 heteroatoms. The molecule has 0 heterocycles. The van der Waals surface area contributed by atoms with Gasteiger partial charge in [0.25, 0.3) is 0 Å². The molecular formula is C15H24N2O. The number of hydrogen-bond donors (Lipinski definition) is 1. The van der Waals surface area contributed by atoms with Gasteiger partial charge in [-0.3, -0.25) is 4.79 Å². The minimum absolute atomic E-state index is 0.101. The number of hydrogen-bond acceptors (Lipinski definition) is 2. The fraction of sp³-hybridized carbons (Fsp3) is 0.533. The van der Waals surface area contributed by atoms with Gasteiger partial charge in [0.1, 0.15) is 0 Å². The lowest BCUT2D eigenvalue weighted by molar-refractivity contribution is -0.134. The monoisotopic (exact) mass is 248 g/mol. The predicted molar refractivity (Wildman–Crippen MR) is 75.1 cm³/mol. The van der Waals surface area contributed by atoms with Crippen LogP contribution in [0.1, 0.15) is 31.9 Å². The molecule has 0 spiro atoms. The second kappa shape index (κ2) is 6.55. The van der Waals surface area contributed by atoms with E-state index in [0.29, 0.717) is 6.54 Å². The highest BCUT2D eigenvalue weighted by atomic mass is 16.2. The molecule has 0 saturated carbocycles. The highest BCUT2D eigenvalue weighted by Crippen LogP contribution is 2.10. The molecule has 0 aliphatic heterocycles. The third-order valence-electron chi connectivity index (χ3n) is 3.41. The lowest BCUT2D eigenvalue weighted by atomic mass is 10.0. The summed E-state index contributed by atoms with van der Waals surface area (Å²) in [4.78, 5) is 13.8. The van der Waals surface area contributed by atoms with Gasteiger partial charge in [0.05, 0.1) is 5.92 Å². The van der Waals surface area contributed by atoms with E-state index in [0.717, 1.165) is 12.0 Å². The zero-order valence-corrected chi connectivity index (χ0v) is 11.8. The predicted octanol–water partition coefficient (Wildman–Crippen LogP) is 2.19. The van der Waals surface area contributed by atoms with Crippen molar-refractivity contribution in [3.8, 4) is 0 Å². The standard InChI is InChI=1S/C15H24N2O/c1-5-13-6-8-14(9-7-13)10-17(4)15(18)11(2)12(3)16/h6-9,11-12H,5,10,16H2,1-4H3. The summed E-state index contributed by atoms with van der Waals surface area (Å²) in [6, 6.07) is 8.28. The highest BCUT2D eigenvalue weighted by Gasteiger charge is 2.20. The summed E-state index contributed by atoms with van der Waals surface area (Å²) in [6.07, 6.45) is 1.04. The second-order valence-electron chi connectivity index (χ2n) is 5.01. The number of carbonyl (C=O) groups is 1. The first kappa shape index (κ1) is 14.7. The van der Waals surface area contributed by atoms with Gasteiger partial charge < -0.3 is 10.6 Å². The zero-order chi connectivity index (χ0) is 13.7. The first-order valence-electron chi connectivity index (χ1n) is 6.54. The van der Waals surface area contributed by atoms with Crippen molar-refractivity contribution < 1.29 is 4.79 Å². The van der Waals surface area contributed by atoms with Gasteiger partial charge in [0.15, 0.2) is 0 Å². The minimum Gasteiger partial charge on any atom is -0.341 e. The molecule has 0 saturated heterocycles. The smallest absolute Gasteiger partial charge is 0.226 e. The Morgan fingerprint density at radius 1 is 1.22 bits per heavy atom. The Morgan fingerprint density at radius 2 is 1.72 bits per heavy atom. The van der Waals surface area contributed by atoms with Gasteiger partial charge in [-0.2, -0.15) is 0 Å². The molecule has 0 aliphatic rings. The van der Waals surface area contributed by atoms with Crippen LogP contribution in [-0.4, -0.2) is 23.9 Å². The van der Waals surface area contributed by atoms with Crippen LogP contribution in [-0.2, 0) is 17.8 Å². The normalized spacial score (nSPS) is 14.1. The van der Waals surface area contributed by atoms with Gasteiger partial charge in [-0.05, 0) is 24.5 Å². The first-order chi connectivity index (χ1) is 8.45. The van der Waals surface area contributed by atoms with Crippen molar-refractivity contribution in [2.75, 3.05) is 7.05 Å². The van der Waals surface area contributed by atoms with E-state index in [2.05, 4.69) is 31.2 Å². The van der Waals surface area contributed by atoms with Crippen molar-refractivity contribution in [1.29, 1.82) is 0 Å². The van der Waals surface area contributed by atoms with Gasteiger partial charge in [0, 0.05) is 19.6 Å². The average molecular weight is 248 g/mol. The van der Waals surface area contributed by atoms with E-state index in [9.17, 15) is 4.79 Å². The van der Waals surface area contributed by atoms with E-state index < -0.39 is 0 Å². The lowest BCUT2D eigenvalue weighted by Crippen LogP contribution is -2.39. The fourth-order valence-corrected chi connectivity index (χ4v) is 1.80. The molecule has 0 radical (unpaired) electrons. The number of carbonyl (C=O) groups excluding carboxylic acids is 1. The number of amides is 1. The van der Waals surface area contributed by atoms with Crippen molar-refractivity contribution in [3.63, 3.8) is 0 Å². The summed E-state index contributed by atoms with van der Waals surface area (Å²) in [5, 5.41) is 0. The molecule has 1 rings (SSSR count). The second-order valence-corrected chi connectivity index (χ2v) is 5.01. The summed E-state index contributed by atoms with van der Waals surface area (Å²) < 4.78 is 0. The van der Waals surface area contributed by atoms with E-state index in [-0.39, 0.29) is 17.9 Å². The van der Waals surface area contributed by atoms with Crippen LogP contribution in [0.3, 0.4) is 0 Å². The number of nitrogens with zero attached hydrogens (tertiary/aromatic N) is 1. The van der Waals surface area contributed by atoms with Crippen LogP contribution in [0.5, 0.6) is 0 Å². The number of rotatable bonds is 5. The van der Waals surface area contributed by atoms with Crippen molar-refractivity contribution in [2.45, 2.75) is 39.8 Å². The Labute approximate surface area is 110 Å². The van der Waals surface area contributed by atoms with Crippen LogP contribution in [0.2, 0.25) is 0 Å². The van der Waals surface area contributed by atoms with E-state index in [4.69, 9.17) is 5.73 Å². The Hall–Kier alpha value is -1.35. The fourth-order valence-electron chi connectivity index (χ4n) is 1.80. The van der Waals surface area contributed by atoms with E-state index in [1.54, 1.807) is 4.90 Å². The molecule has 3 nitrogen and oxygen atoms in total. The SMILES string of the molecule is CCc1ccc(CN(C)C(=O)C(C)C(C)N)cc1. The summed E-state index contributed by atoms with van der Waals surface area (Å²) in [5.74, 6) is -0.0329. The Bertz CT molecular complexity index is 384. The molecule has 100 valence electrons. The topological polar surface area (TPSA) is 46.3 Å². The molecular weight excluding hydrogens is 224 g/mol. The Kier molecular flexibility index (Phi) is 5.35. The molecule has 0 aliphatic carbocycles. The summed E-state index contributed by atoms with van der Waals surface area (Å²) in [5.41, 5.74) is 8.23. The summed E-state index contributed by atoms with van der Waals surface area (Å²) in [6.45, 7) is 6.52. The largest absolute Gasteiger partial charge is 0.341 e. The van der Waals surface area contributed by atoms with Gasteiger partial charge >= 0.3 is 0 Å². The Balaban J connectivity index is 2.63. The molecule has 2 unspecified atom stereocenters. The molecule has 0 aromatic heterocycles. The first-order valence-corrected chi connectivity index (χ1v) is 6.54. The van der Waals surface area contributed by atoms with E-state index in [1.165, 1.54) is 5.56 Å². The molecule has 1 aromatic carbocycles. The highest BCUT2D eigenvalue weighted by molar-refractivity contribution is 5.78. The van der Waals surface area contributed by atoms with Crippen LogP contribution < -0.4 is 5.73 Å². The van der Waals surface area contributed by atoms with E-state index in [1.807, 2.05) is 20.9 Å². The number of nitrogens with two attached hydrogens (primary N) is 1. The molecule has 1 amide bonds. The molecule has 1 aromatic rings. The van der Waals surface area contributed by atoms with Crippen LogP contribution in [0, 0.1) is 5.92 Å². The third-order valence-corrected chi connectivity index (χ3v) is 3.41. The zero-order valence-electron chi connectivity index (χ0n) is 11.8. The third kappa shape index (κ3) is 3.84. The Morgan fingerprint density at radius 3 is 2.17 bits per heavy atom. The minimum atomic E-state index is -0.134. The van der Waals surface area contributed by atoms with Crippen molar-refractivity contribution in [1.82, 2.24) is 4.90 Å². The van der Waals surface area contributed by atoms with Crippen LogP contribution in [0.4, 0.5) is 0 Å². The van der Waals surface area contributed by atoms with Gasteiger partial charge in [-0.15, -0.1) is 0 Å². The maximum Gasteiger partial charge on any atom is 0.226 e. The number of aryl methyl sites for hydroxylation is 1. The lowest BCUT2D eigenvalue weighted by Gasteiger charge is -2.23. The van der Waals surface area contributed by atoms with Gasteiger partial charge in [0.2, 0.25) is 5.91 Å². The van der Waals surface area contributed by atoms with Crippen LogP contribution >= 0.6 is 0 Å². The maximum absolute atomic E-state index is 12.1. The van der Waals surface area contributed by atoms with Crippen molar-refractivity contribution >= 4 is 5.91 Å². The van der Waals surface area contributed by atoms with Crippen LogP contribution in [0.25, 0.3) is 0 Å². The molecule has 2 atom stereocenters. The molecule has 0 bridgehead atoms. The maximum atomic E-state index is 12.1. The van der Waals surface area contributed by atoms with Crippen molar-refractivity contribution in [3.05, 3.63) is 35.4 Å². The summed E-state index contributed by atoms with van der Waals surface area (Å²) >= 11 is 0. The average Bonchev–Trinajstić information content (AvgIpc) is 2.37. The molecule has 2 N–H and O–H groups in total. The summed E-state index contributed by atoms with van der Waals surface area (Å²) in [7, 11) is 1.83. The number of benzene rings is 1. The molecule has 0 fully saturated rings. The van der Waals surface area contributed by atoms with Crippen LogP contribution in [0.15, 0.2) is 24.3 Å². The van der Waals surface area contributed by atoms with Crippen molar-refractivity contribution in [2.24, 2.45) is 11.7 Å².